The fourth-order valence-corrected chi connectivity index (χ4v) is 7.52. The van der Waals surface area contributed by atoms with Gasteiger partial charge in [0.05, 0.1) is 6.61 Å². The SMILES string of the molecule is CCCCCCCCCC/C=C\CCCCCCCCCCCC(=O)OCC(COC1OC(C(=O)O)C(O)C(O)C1O)OC(=O)CCCCCCCCCCCCCC. The third kappa shape index (κ3) is 30.6. The van der Waals surface area contributed by atoms with E-state index in [2.05, 4.69) is 26.0 Å². The van der Waals surface area contributed by atoms with Crippen LogP contribution in [-0.2, 0) is 33.3 Å². The molecule has 11 heteroatoms. The van der Waals surface area contributed by atoms with Crippen molar-refractivity contribution in [1.82, 2.24) is 0 Å². The molecule has 0 radical (unpaired) electrons. The maximum absolute atomic E-state index is 12.8. The van der Waals surface area contributed by atoms with Gasteiger partial charge in [-0.2, -0.15) is 0 Å². The first-order chi connectivity index (χ1) is 28.7. The van der Waals surface area contributed by atoms with Gasteiger partial charge in [0.15, 0.2) is 18.5 Å². The Balaban J connectivity index is 2.28. The van der Waals surface area contributed by atoms with E-state index in [1.54, 1.807) is 0 Å². The Morgan fingerprint density at radius 1 is 0.508 bits per heavy atom. The number of carbonyl (C=O) groups is 3. The Kier molecular flexibility index (Phi) is 36.2. The molecule has 0 saturated carbocycles. The topological polar surface area (TPSA) is 169 Å². The number of rotatable bonds is 41. The van der Waals surface area contributed by atoms with Crippen LogP contribution in [-0.4, -0.2) is 88.4 Å². The summed E-state index contributed by atoms with van der Waals surface area (Å²) < 4.78 is 21.8. The maximum Gasteiger partial charge on any atom is 0.335 e. The summed E-state index contributed by atoms with van der Waals surface area (Å²) in [6.07, 6.45) is 32.7. The Morgan fingerprint density at radius 2 is 0.898 bits per heavy atom. The highest BCUT2D eigenvalue weighted by Crippen LogP contribution is 2.23. The van der Waals surface area contributed by atoms with Crippen LogP contribution in [0.1, 0.15) is 226 Å². The van der Waals surface area contributed by atoms with Crippen LogP contribution in [0.5, 0.6) is 0 Å². The first kappa shape index (κ1) is 55.0. The molecule has 1 rings (SSSR count). The van der Waals surface area contributed by atoms with E-state index in [0.717, 1.165) is 38.5 Å². The zero-order chi connectivity index (χ0) is 43.2. The molecule has 0 aromatic carbocycles. The molecule has 0 aromatic rings. The summed E-state index contributed by atoms with van der Waals surface area (Å²) in [5, 5.41) is 39.8. The van der Waals surface area contributed by atoms with Crippen LogP contribution in [0.3, 0.4) is 0 Å². The minimum absolute atomic E-state index is 0.188. The molecule has 0 aromatic heterocycles. The van der Waals surface area contributed by atoms with E-state index >= 15 is 0 Å². The quantitative estimate of drug-likeness (QED) is 0.0263. The van der Waals surface area contributed by atoms with Crippen LogP contribution in [0.2, 0.25) is 0 Å². The number of esters is 2. The molecule has 1 heterocycles. The summed E-state index contributed by atoms with van der Waals surface area (Å²) in [6.45, 7) is 3.83. The van der Waals surface area contributed by atoms with Gasteiger partial charge in [-0.25, -0.2) is 4.79 Å². The highest BCUT2D eigenvalue weighted by atomic mass is 16.7. The lowest BCUT2D eigenvalue weighted by Crippen LogP contribution is -2.60. The monoisotopic (exact) mass is 841 g/mol. The summed E-state index contributed by atoms with van der Waals surface area (Å²) in [6, 6.07) is 0. The summed E-state index contributed by atoms with van der Waals surface area (Å²) in [4.78, 5) is 36.8. The van der Waals surface area contributed by atoms with Gasteiger partial charge in [-0.1, -0.05) is 187 Å². The highest BCUT2D eigenvalue weighted by molar-refractivity contribution is 5.73. The van der Waals surface area contributed by atoms with Crippen molar-refractivity contribution in [3.63, 3.8) is 0 Å². The normalized spacial score (nSPS) is 19.9. The lowest BCUT2D eigenvalue weighted by molar-refractivity contribution is -0.298. The highest BCUT2D eigenvalue weighted by Gasteiger charge is 2.47. The number of carboxylic acids is 1. The van der Waals surface area contributed by atoms with Gasteiger partial charge in [0.25, 0.3) is 0 Å². The van der Waals surface area contributed by atoms with Gasteiger partial charge in [-0.3, -0.25) is 9.59 Å². The van der Waals surface area contributed by atoms with Crippen molar-refractivity contribution in [3.8, 4) is 0 Å². The summed E-state index contributed by atoms with van der Waals surface area (Å²) in [5.74, 6) is -2.43. The molecule has 4 N–H and O–H groups in total. The van der Waals surface area contributed by atoms with Gasteiger partial charge in [0.1, 0.15) is 24.9 Å². The van der Waals surface area contributed by atoms with Gasteiger partial charge >= 0.3 is 17.9 Å². The molecule has 1 saturated heterocycles. The standard InChI is InChI=1S/C48H88O11/c1-3-5-7-9-11-13-15-17-18-19-20-21-22-23-24-25-27-28-30-32-34-36-41(49)56-38-40(39-57-48-45(53)43(51)44(52)46(59-48)47(54)55)58-42(50)37-35-33-31-29-26-16-14-12-10-8-6-4-2/h19-20,40,43-46,48,51-53H,3-18,21-39H2,1-2H3,(H,54,55)/b20-19-. The lowest BCUT2D eigenvalue weighted by Gasteiger charge is -2.38. The minimum atomic E-state index is -1.86. The molecular formula is C48H88O11. The molecule has 59 heavy (non-hydrogen) atoms. The molecule has 1 aliphatic heterocycles. The van der Waals surface area contributed by atoms with E-state index in [1.807, 2.05) is 0 Å². The molecule has 1 fully saturated rings. The minimum Gasteiger partial charge on any atom is -0.479 e. The second-order valence-electron chi connectivity index (χ2n) is 17.0. The molecule has 346 valence electrons. The number of hydrogen-bond donors (Lipinski definition) is 4. The average molecular weight is 841 g/mol. The van der Waals surface area contributed by atoms with Crippen molar-refractivity contribution >= 4 is 17.9 Å². The van der Waals surface area contributed by atoms with Crippen LogP contribution in [0.4, 0.5) is 0 Å². The zero-order valence-corrected chi connectivity index (χ0v) is 37.5. The second-order valence-corrected chi connectivity index (χ2v) is 17.0. The van der Waals surface area contributed by atoms with Crippen LogP contribution in [0.15, 0.2) is 12.2 Å². The van der Waals surface area contributed by atoms with Gasteiger partial charge < -0.3 is 39.4 Å². The smallest absolute Gasteiger partial charge is 0.335 e. The van der Waals surface area contributed by atoms with Gasteiger partial charge in [0.2, 0.25) is 0 Å². The number of unbranched alkanes of at least 4 members (excludes halogenated alkanes) is 28. The Labute approximate surface area is 358 Å². The molecule has 0 bridgehead atoms. The molecule has 6 atom stereocenters. The van der Waals surface area contributed by atoms with Crippen molar-refractivity contribution in [2.45, 2.75) is 263 Å². The molecule has 0 spiro atoms. The first-order valence-electron chi connectivity index (χ1n) is 24.2. The molecular weight excluding hydrogens is 753 g/mol. The van der Waals surface area contributed by atoms with Gasteiger partial charge in [-0.15, -0.1) is 0 Å². The van der Waals surface area contributed by atoms with Crippen LogP contribution < -0.4 is 0 Å². The fraction of sp³-hybridized carbons (Fsp3) is 0.896. The number of aliphatic carboxylic acids is 1. The molecule has 1 aliphatic rings. The first-order valence-corrected chi connectivity index (χ1v) is 24.2. The molecule has 0 amide bonds. The van der Waals surface area contributed by atoms with Crippen molar-refractivity contribution in [2.24, 2.45) is 0 Å². The second kappa shape index (κ2) is 38.8. The largest absolute Gasteiger partial charge is 0.479 e. The van der Waals surface area contributed by atoms with Crippen LogP contribution in [0, 0.1) is 0 Å². The van der Waals surface area contributed by atoms with E-state index in [0.29, 0.717) is 12.8 Å². The van der Waals surface area contributed by atoms with E-state index < -0.39 is 54.7 Å². The van der Waals surface area contributed by atoms with E-state index in [1.165, 1.54) is 148 Å². The number of carboxylic acid groups (broad SMARTS) is 1. The molecule has 0 aliphatic carbocycles. The van der Waals surface area contributed by atoms with Gasteiger partial charge in [-0.05, 0) is 38.5 Å². The predicted octanol–water partition coefficient (Wildman–Crippen LogP) is 10.8. The van der Waals surface area contributed by atoms with E-state index in [9.17, 15) is 34.8 Å². The fourth-order valence-electron chi connectivity index (χ4n) is 7.52. The van der Waals surface area contributed by atoms with E-state index in [-0.39, 0.29) is 26.1 Å². The van der Waals surface area contributed by atoms with Crippen LogP contribution >= 0.6 is 0 Å². The summed E-state index contributed by atoms with van der Waals surface area (Å²) >= 11 is 0. The zero-order valence-electron chi connectivity index (χ0n) is 37.5. The number of allylic oxidation sites excluding steroid dienone is 2. The number of ether oxygens (including phenoxy) is 4. The Bertz CT molecular complexity index is 1040. The molecule has 6 unspecified atom stereocenters. The number of hydrogen-bond acceptors (Lipinski definition) is 10. The van der Waals surface area contributed by atoms with Crippen LogP contribution in [0.25, 0.3) is 0 Å². The van der Waals surface area contributed by atoms with Crippen molar-refractivity contribution in [3.05, 3.63) is 12.2 Å². The predicted molar refractivity (Wildman–Crippen MR) is 234 cm³/mol. The number of carbonyl (C=O) groups excluding carboxylic acids is 2. The Morgan fingerprint density at radius 3 is 1.32 bits per heavy atom. The Hall–Kier alpha value is -2.05. The lowest BCUT2D eigenvalue weighted by atomic mass is 9.99. The summed E-state index contributed by atoms with van der Waals surface area (Å²) in [7, 11) is 0. The summed E-state index contributed by atoms with van der Waals surface area (Å²) in [5.41, 5.74) is 0. The third-order valence-corrected chi connectivity index (χ3v) is 11.4. The van der Waals surface area contributed by atoms with Crippen molar-refractivity contribution < 1.29 is 53.8 Å². The third-order valence-electron chi connectivity index (χ3n) is 11.4. The number of aliphatic hydroxyl groups is 3. The average Bonchev–Trinajstić information content (AvgIpc) is 3.22. The van der Waals surface area contributed by atoms with Gasteiger partial charge in [0, 0.05) is 12.8 Å². The van der Waals surface area contributed by atoms with Crippen molar-refractivity contribution in [1.29, 1.82) is 0 Å². The maximum atomic E-state index is 12.8. The van der Waals surface area contributed by atoms with E-state index in [4.69, 9.17) is 18.9 Å². The number of aliphatic hydroxyl groups excluding tert-OH is 3. The molecule has 11 nitrogen and oxygen atoms in total. The van der Waals surface area contributed by atoms with Crippen molar-refractivity contribution in [2.75, 3.05) is 13.2 Å².